The summed E-state index contributed by atoms with van der Waals surface area (Å²) in [6.07, 6.45) is 3.51. The molecule has 1 fully saturated rings. The molecule has 0 aromatic carbocycles. The van der Waals surface area contributed by atoms with Crippen LogP contribution in [0.5, 0.6) is 11.6 Å². The minimum absolute atomic E-state index is 0.116. The van der Waals surface area contributed by atoms with Crippen molar-refractivity contribution in [3.63, 3.8) is 0 Å². The normalized spacial score (nSPS) is 14.3. The number of aryl methyl sites for hydroxylation is 1. The maximum Gasteiger partial charge on any atom is 0.272 e. The Bertz CT molecular complexity index is 1010. The number of pyridine rings is 1. The molecule has 1 N–H and O–H groups in total. The number of nitrogens with zero attached hydrogens (tertiary/aromatic N) is 6. The van der Waals surface area contributed by atoms with Crippen molar-refractivity contribution in [2.24, 2.45) is 0 Å². The van der Waals surface area contributed by atoms with Crippen LogP contribution in [-0.4, -0.2) is 57.6 Å². The maximum atomic E-state index is 12.3. The average molecular weight is 442 g/mol. The molecule has 31 heavy (non-hydrogen) atoms. The lowest BCUT2D eigenvalue weighted by molar-refractivity contribution is 0.0944. The zero-order valence-corrected chi connectivity index (χ0v) is 18.1. The second kappa shape index (κ2) is 9.65. The summed E-state index contributed by atoms with van der Waals surface area (Å²) in [5, 5.41) is 19.6. The van der Waals surface area contributed by atoms with Crippen molar-refractivity contribution in [1.82, 2.24) is 30.7 Å². The van der Waals surface area contributed by atoms with Crippen LogP contribution < -0.4 is 19.7 Å². The van der Waals surface area contributed by atoms with Gasteiger partial charge in [-0.2, -0.15) is 0 Å². The lowest BCUT2D eigenvalue weighted by Gasteiger charge is -2.33. The van der Waals surface area contributed by atoms with Crippen LogP contribution in [0.25, 0.3) is 0 Å². The fourth-order valence-electron chi connectivity index (χ4n) is 3.36. The third-order valence-electron chi connectivity index (χ3n) is 4.96. The number of anilines is 1. The molecule has 3 aromatic rings. The first kappa shape index (κ1) is 20.9. The number of piperidine rings is 1. The maximum absolute atomic E-state index is 12.3. The Balaban J connectivity index is 1.31. The van der Waals surface area contributed by atoms with Gasteiger partial charge in [-0.05, 0) is 24.6 Å². The van der Waals surface area contributed by atoms with E-state index in [0.717, 1.165) is 48.1 Å². The Kier molecular flexibility index (Phi) is 6.51. The van der Waals surface area contributed by atoms with Gasteiger partial charge in [0.25, 0.3) is 5.91 Å². The lowest BCUT2D eigenvalue weighted by atomic mass is 10.1. The number of hydrogen-bond donors (Lipinski definition) is 1. The molecule has 0 unspecified atom stereocenters. The molecule has 0 radical (unpaired) electrons. The van der Waals surface area contributed by atoms with Gasteiger partial charge in [-0.3, -0.25) is 4.79 Å². The highest BCUT2D eigenvalue weighted by Gasteiger charge is 2.23. The van der Waals surface area contributed by atoms with Gasteiger partial charge in [0.2, 0.25) is 5.88 Å². The molecule has 1 amide bonds. The molecule has 0 bridgehead atoms. The summed E-state index contributed by atoms with van der Waals surface area (Å²) in [6, 6.07) is 5.42. The van der Waals surface area contributed by atoms with Gasteiger partial charge in [-0.15, -0.1) is 31.7 Å². The minimum atomic E-state index is -0.280. The van der Waals surface area contributed by atoms with Gasteiger partial charge in [-0.25, -0.2) is 4.98 Å². The SMILES string of the molecule is COc1ccc(OC2CCN(c3nnc(C(=O)NCc4nncs4)cc3C)CC2)cn1. The van der Waals surface area contributed by atoms with Crippen LogP contribution >= 0.6 is 11.3 Å². The van der Waals surface area contributed by atoms with Crippen molar-refractivity contribution in [3.05, 3.63) is 46.2 Å². The summed E-state index contributed by atoms with van der Waals surface area (Å²) in [5.74, 6) is 1.82. The number of methoxy groups -OCH3 is 1. The van der Waals surface area contributed by atoms with Crippen molar-refractivity contribution in [2.45, 2.75) is 32.4 Å². The first-order valence-electron chi connectivity index (χ1n) is 9.91. The predicted molar refractivity (Wildman–Crippen MR) is 115 cm³/mol. The fourth-order valence-corrected chi connectivity index (χ4v) is 3.82. The average Bonchev–Trinajstić information content (AvgIpc) is 3.32. The largest absolute Gasteiger partial charge is 0.489 e. The van der Waals surface area contributed by atoms with Crippen molar-refractivity contribution >= 4 is 23.1 Å². The molecular formula is C20H23N7O3S. The second-order valence-electron chi connectivity index (χ2n) is 7.09. The molecule has 1 saturated heterocycles. The molecule has 4 heterocycles. The van der Waals surface area contributed by atoms with Gasteiger partial charge >= 0.3 is 0 Å². The van der Waals surface area contributed by atoms with E-state index in [-0.39, 0.29) is 17.7 Å². The molecule has 0 saturated carbocycles. The van der Waals surface area contributed by atoms with Gasteiger partial charge in [0, 0.05) is 32.0 Å². The van der Waals surface area contributed by atoms with Crippen LogP contribution in [0.15, 0.2) is 29.9 Å². The first-order valence-corrected chi connectivity index (χ1v) is 10.8. The standard InChI is InChI=1S/C20H23N7O3S/c1-13-9-16(20(28)22-11-18-25-23-12-31-18)24-26-19(13)27-7-5-14(6-8-27)30-15-3-4-17(29-2)21-10-15/h3-4,9-10,12,14H,5-8,11H2,1-2H3,(H,22,28). The number of nitrogens with one attached hydrogen (secondary N) is 1. The Morgan fingerprint density at radius 3 is 2.74 bits per heavy atom. The van der Waals surface area contributed by atoms with Crippen LogP contribution in [0.2, 0.25) is 0 Å². The molecule has 10 nitrogen and oxygen atoms in total. The summed E-state index contributed by atoms with van der Waals surface area (Å²) >= 11 is 1.39. The van der Waals surface area contributed by atoms with Crippen molar-refractivity contribution in [2.75, 3.05) is 25.1 Å². The second-order valence-corrected chi connectivity index (χ2v) is 8.01. The third-order valence-corrected chi connectivity index (χ3v) is 5.66. The molecule has 0 aliphatic carbocycles. The lowest BCUT2D eigenvalue weighted by Crippen LogP contribution is -2.39. The van der Waals surface area contributed by atoms with E-state index in [0.29, 0.717) is 12.4 Å². The summed E-state index contributed by atoms with van der Waals surface area (Å²) in [5.41, 5.74) is 2.83. The smallest absolute Gasteiger partial charge is 0.272 e. The van der Waals surface area contributed by atoms with E-state index in [4.69, 9.17) is 9.47 Å². The van der Waals surface area contributed by atoms with E-state index in [2.05, 4.69) is 35.6 Å². The van der Waals surface area contributed by atoms with E-state index < -0.39 is 0 Å². The van der Waals surface area contributed by atoms with Gasteiger partial charge in [-0.1, -0.05) is 0 Å². The summed E-state index contributed by atoms with van der Waals surface area (Å²) < 4.78 is 11.1. The van der Waals surface area contributed by atoms with Crippen LogP contribution in [0.1, 0.15) is 33.9 Å². The molecular weight excluding hydrogens is 418 g/mol. The topological polar surface area (TPSA) is 115 Å². The Hall–Kier alpha value is -3.34. The van der Waals surface area contributed by atoms with Gasteiger partial charge < -0.3 is 19.7 Å². The third kappa shape index (κ3) is 5.23. The molecule has 11 heteroatoms. The molecule has 3 aromatic heterocycles. The highest BCUT2D eigenvalue weighted by molar-refractivity contribution is 7.09. The summed E-state index contributed by atoms with van der Waals surface area (Å²) in [6.45, 7) is 3.86. The van der Waals surface area contributed by atoms with Gasteiger partial charge in [0.05, 0.1) is 19.9 Å². The Morgan fingerprint density at radius 1 is 1.26 bits per heavy atom. The van der Waals surface area contributed by atoms with Crippen LogP contribution in [0.3, 0.4) is 0 Å². The number of carbonyl (C=O) groups excluding carboxylic acids is 1. The van der Waals surface area contributed by atoms with Crippen LogP contribution in [-0.2, 0) is 6.54 Å². The van der Waals surface area contributed by atoms with Gasteiger partial charge in [0.15, 0.2) is 11.5 Å². The predicted octanol–water partition coefficient (Wildman–Crippen LogP) is 2.02. The number of ether oxygens (including phenoxy) is 2. The van der Waals surface area contributed by atoms with E-state index in [1.165, 1.54) is 11.3 Å². The highest BCUT2D eigenvalue weighted by Crippen LogP contribution is 2.24. The van der Waals surface area contributed by atoms with E-state index >= 15 is 0 Å². The van der Waals surface area contributed by atoms with Crippen molar-refractivity contribution in [1.29, 1.82) is 0 Å². The molecule has 4 rings (SSSR count). The monoisotopic (exact) mass is 441 g/mol. The quantitative estimate of drug-likeness (QED) is 0.588. The Morgan fingerprint density at radius 2 is 2.10 bits per heavy atom. The van der Waals surface area contributed by atoms with Crippen molar-refractivity contribution in [3.8, 4) is 11.6 Å². The number of hydrogen-bond acceptors (Lipinski definition) is 10. The molecule has 1 aliphatic heterocycles. The zero-order valence-electron chi connectivity index (χ0n) is 17.3. The first-order chi connectivity index (χ1) is 15.1. The number of carbonyl (C=O) groups is 1. The molecule has 162 valence electrons. The molecule has 0 atom stereocenters. The number of aromatic nitrogens is 5. The summed E-state index contributed by atoms with van der Waals surface area (Å²) in [4.78, 5) is 18.7. The van der Waals surface area contributed by atoms with Crippen LogP contribution in [0.4, 0.5) is 5.82 Å². The number of rotatable bonds is 7. The summed E-state index contributed by atoms with van der Waals surface area (Å²) in [7, 11) is 1.59. The highest BCUT2D eigenvalue weighted by atomic mass is 32.1. The molecule has 1 aliphatic rings. The van der Waals surface area contributed by atoms with Crippen molar-refractivity contribution < 1.29 is 14.3 Å². The fraction of sp³-hybridized carbons (Fsp3) is 0.400. The van der Waals surface area contributed by atoms with E-state index in [1.54, 1.807) is 30.9 Å². The van der Waals surface area contributed by atoms with Crippen LogP contribution in [0, 0.1) is 6.92 Å². The molecule has 0 spiro atoms. The minimum Gasteiger partial charge on any atom is -0.489 e. The number of amides is 1. The van der Waals surface area contributed by atoms with E-state index in [9.17, 15) is 4.79 Å². The van der Waals surface area contributed by atoms with E-state index in [1.807, 2.05) is 13.0 Å². The Labute approximate surface area is 183 Å². The van der Waals surface area contributed by atoms with Gasteiger partial charge in [0.1, 0.15) is 22.4 Å². The zero-order chi connectivity index (χ0) is 21.6.